The highest BCUT2D eigenvalue weighted by atomic mass is 35.5. The molecule has 2 aromatic heterocycles. The Morgan fingerprint density at radius 3 is 2.58 bits per heavy atom. The Morgan fingerprint density at radius 2 is 1.82 bits per heavy atom. The normalized spacial score (nSPS) is 11.4. The summed E-state index contributed by atoms with van der Waals surface area (Å²) >= 11 is 6.34. The van der Waals surface area contributed by atoms with Crippen LogP contribution in [-0.2, 0) is 6.18 Å². The molecule has 0 unspecified atom stereocenters. The minimum absolute atomic E-state index is 0.00125. The lowest BCUT2D eigenvalue weighted by Gasteiger charge is -2.13. The summed E-state index contributed by atoms with van der Waals surface area (Å²) in [5.74, 6) is -1.15. The van der Waals surface area contributed by atoms with E-state index in [1.807, 2.05) is 0 Å². The molecule has 2 aromatic carbocycles. The van der Waals surface area contributed by atoms with Gasteiger partial charge in [0.25, 0.3) is 11.8 Å². The van der Waals surface area contributed by atoms with E-state index in [2.05, 4.69) is 20.6 Å². The van der Waals surface area contributed by atoms with Crippen molar-refractivity contribution in [3.8, 4) is 0 Å². The average molecular weight is 473 g/mol. The smallest absolute Gasteiger partial charge is 0.346 e. The Hall–Kier alpha value is -3.85. The molecule has 0 saturated heterocycles. The summed E-state index contributed by atoms with van der Waals surface area (Å²) in [5.41, 5.74) is 0.995. The Labute approximate surface area is 190 Å². The zero-order valence-corrected chi connectivity index (χ0v) is 17.8. The number of amides is 2. The van der Waals surface area contributed by atoms with E-state index < -0.39 is 23.6 Å². The van der Waals surface area contributed by atoms with Crippen molar-refractivity contribution in [2.24, 2.45) is 0 Å². The predicted molar refractivity (Wildman–Crippen MR) is 120 cm³/mol. The number of fused-ring (bicyclic) bond motifs is 1. The van der Waals surface area contributed by atoms with Crippen LogP contribution in [0.5, 0.6) is 0 Å². The van der Waals surface area contributed by atoms with Crippen molar-refractivity contribution < 1.29 is 22.8 Å². The van der Waals surface area contributed by atoms with Crippen LogP contribution in [0.3, 0.4) is 0 Å². The molecule has 0 fully saturated rings. The summed E-state index contributed by atoms with van der Waals surface area (Å²) in [6, 6.07) is 10.6. The molecular formula is C23H16ClF3N4O2. The van der Waals surface area contributed by atoms with Crippen molar-refractivity contribution in [3.05, 3.63) is 88.2 Å². The maximum atomic E-state index is 12.9. The van der Waals surface area contributed by atoms with Gasteiger partial charge in [-0.1, -0.05) is 23.7 Å². The van der Waals surface area contributed by atoms with Gasteiger partial charge in [-0.2, -0.15) is 13.2 Å². The number of nitrogens with zero attached hydrogens (tertiary/aromatic N) is 1. The number of pyridine rings is 1. The largest absolute Gasteiger partial charge is 0.416 e. The number of carbonyl (C=O) groups excluding carboxylic acids is 2. The fourth-order valence-electron chi connectivity index (χ4n) is 3.20. The van der Waals surface area contributed by atoms with Crippen LogP contribution in [0.1, 0.15) is 31.8 Å². The molecule has 0 saturated carbocycles. The molecule has 6 nitrogen and oxygen atoms in total. The van der Waals surface area contributed by atoms with Crippen LogP contribution < -0.4 is 10.6 Å². The third-order valence-corrected chi connectivity index (χ3v) is 5.37. The van der Waals surface area contributed by atoms with Gasteiger partial charge >= 0.3 is 6.18 Å². The van der Waals surface area contributed by atoms with E-state index in [0.29, 0.717) is 22.3 Å². The van der Waals surface area contributed by atoms with Crippen LogP contribution in [0.4, 0.5) is 24.5 Å². The summed E-state index contributed by atoms with van der Waals surface area (Å²) < 4.78 is 38.7. The highest BCUT2D eigenvalue weighted by Crippen LogP contribution is 2.31. The van der Waals surface area contributed by atoms with Crippen molar-refractivity contribution in [3.63, 3.8) is 0 Å². The Balaban J connectivity index is 1.55. The monoisotopic (exact) mass is 472 g/mol. The SMILES string of the molecule is Cc1ccc(C(=O)Nc2cccc(C(F)(F)F)c2)cc1NC(=O)c1cnc2[nH]ccc2c1Cl. The van der Waals surface area contributed by atoms with Gasteiger partial charge in [-0.25, -0.2) is 4.98 Å². The third-order valence-electron chi connectivity index (χ3n) is 4.96. The van der Waals surface area contributed by atoms with Crippen molar-refractivity contribution in [1.29, 1.82) is 0 Å². The van der Waals surface area contributed by atoms with Gasteiger partial charge in [0.2, 0.25) is 0 Å². The predicted octanol–water partition coefficient (Wildman–Crippen LogP) is 6.05. The van der Waals surface area contributed by atoms with E-state index in [1.54, 1.807) is 25.3 Å². The van der Waals surface area contributed by atoms with Crippen molar-refractivity contribution in [2.75, 3.05) is 10.6 Å². The minimum Gasteiger partial charge on any atom is -0.346 e. The summed E-state index contributed by atoms with van der Waals surface area (Å²) in [5, 5.41) is 5.98. The standard InChI is InChI=1S/C23H16ClF3N4O2/c1-12-5-6-13(21(32)30-15-4-2-3-14(10-15)23(25,26)27)9-18(12)31-22(33)17-11-29-20-16(19(17)24)7-8-28-20/h2-11H,1H3,(H,28,29)(H,30,32)(H,31,33). The van der Waals surface area contributed by atoms with Gasteiger partial charge in [0.05, 0.1) is 16.1 Å². The number of halogens is 4. The first kappa shape index (κ1) is 22.3. The fourth-order valence-corrected chi connectivity index (χ4v) is 3.48. The number of aromatic amines is 1. The van der Waals surface area contributed by atoms with Crippen LogP contribution in [0.25, 0.3) is 11.0 Å². The first-order valence-corrected chi connectivity index (χ1v) is 10.0. The molecule has 33 heavy (non-hydrogen) atoms. The number of anilines is 2. The number of aryl methyl sites for hydroxylation is 1. The van der Waals surface area contributed by atoms with Gasteiger partial charge in [0.1, 0.15) is 5.65 Å². The van der Waals surface area contributed by atoms with Crippen molar-refractivity contribution in [2.45, 2.75) is 13.1 Å². The third kappa shape index (κ3) is 4.68. The summed E-state index contributed by atoms with van der Waals surface area (Å²) in [4.78, 5) is 32.5. The van der Waals surface area contributed by atoms with Gasteiger partial charge in [-0.15, -0.1) is 0 Å². The van der Waals surface area contributed by atoms with Crippen LogP contribution >= 0.6 is 11.6 Å². The van der Waals surface area contributed by atoms with Gasteiger partial charge in [-0.3, -0.25) is 9.59 Å². The number of nitrogens with one attached hydrogen (secondary N) is 3. The number of carbonyl (C=O) groups is 2. The van der Waals surface area contributed by atoms with Gasteiger partial charge < -0.3 is 15.6 Å². The minimum atomic E-state index is -4.53. The fraction of sp³-hybridized carbons (Fsp3) is 0.0870. The van der Waals surface area contributed by atoms with E-state index in [1.165, 1.54) is 30.5 Å². The molecular weight excluding hydrogens is 457 g/mol. The van der Waals surface area contributed by atoms with E-state index in [0.717, 1.165) is 12.1 Å². The van der Waals surface area contributed by atoms with Crippen molar-refractivity contribution in [1.82, 2.24) is 9.97 Å². The topological polar surface area (TPSA) is 86.9 Å². The molecule has 0 bridgehead atoms. The number of alkyl halides is 3. The molecule has 10 heteroatoms. The Bertz CT molecular complexity index is 1380. The zero-order chi connectivity index (χ0) is 23.8. The molecule has 0 radical (unpaired) electrons. The lowest BCUT2D eigenvalue weighted by atomic mass is 10.1. The second kappa shape index (κ2) is 8.59. The molecule has 0 atom stereocenters. The molecule has 0 aliphatic heterocycles. The highest BCUT2D eigenvalue weighted by molar-refractivity contribution is 6.38. The number of hydrogen-bond acceptors (Lipinski definition) is 3. The van der Waals surface area contributed by atoms with E-state index in [9.17, 15) is 22.8 Å². The zero-order valence-electron chi connectivity index (χ0n) is 17.0. The summed E-state index contributed by atoms with van der Waals surface area (Å²) in [6.07, 6.45) is -1.53. The average Bonchev–Trinajstić information content (AvgIpc) is 3.25. The number of H-pyrrole nitrogens is 1. The number of rotatable bonds is 4. The molecule has 3 N–H and O–H groups in total. The first-order chi connectivity index (χ1) is 15.6. The van der Waals surface area contributed by atoms with E-state index in [4.69, 9.17) is 11.6 Å². The number of benzene rings is 2. The molecule has 2 heterocycles. The maximum Gasteiger partial charge on any atom is 0.416 e. The quantitative estimate of drug-likeness (QED) is 0.338. The molecule has 0 aliphatic carbocycles. The summed E-state index contributed by atoms with van der Waals surface area (Å²) in [6.45, 7) is 1.74. The Morgan fingerprint density at radius 1 is 1.03 bits per heavy atom. The lowest BCUT2D eigenvalue weighted by molar-refractivity contribution is -0.137. The number of aromatic nitrogens is 2. The van der Waals surface area contributed by atoms with E-state index >= 15 is 0 Å². The molecule has 168 valence electrons. The first-order valence-electron chi connectivity index (χ1n) is 9.65. The van der Waals surface area contributed by atoms with Crippen LogP contribution in [-0.4, -0.2) is 21.8 Å². The Kier molecular flexibility index (Phi) is 5.82. The van der Waals surface area contributed by atoms with Crippen LogP contribution in [0, 0.1) is 6.92 Å². The molecule has 0 aliphatic rings. The van der Waals surface area contributed by atoms with Gasteiger partial charge in [-0.05, 0) is 48.9 Å². The van der Waals surface area contributed by atoms with Crippen LogP contribution in [0.2, 0.25) is 5.02 Å². The molecule has 2 amide bonds. The lowest BCUT2D eigenvalue weighted by Crippen LogP contribution is -2.16. The molecule has 4 rings (SSSR count). The maximum absolute atomic E-state index is 12.9. The number of hydrogen-bond donors (Lipinski definition) is 3. The second-order valence-electron chi connectivity index (χ2n) is 7.24. The molecule has 4 aromatic rings. The second-order valence-corrected chi connectivity index (χ2v) is 7.62. The van der Waals surface area contributed by atoms with Crippen molar-refractivity contribution >= 4 is 45.8 Å². The van der Waals surface area contributed by atoms with Crippen LogP contribution in [0.15, 0.2) is 60.9 Å². The van der Waals surface area contributed by atoms with Gasteiger partial charge in [0, 0.05) is 34.7 Å². The highest BCUT2D eigenvalue weighted by Gasteiger charge is 2.30. The van der Waals surface area contributed by atoms with Gasteiger partial charge in [0.15, 0.2) is 0 Å². The summed E-state index contributed by atoms with van der Waals surface area (Å²) in [7, 11) is 0. The molecule has 0 spiro atoms. The van der Waals surface area contributed by atoms with E-state index in [-0.39, 0.29) is 21.8 Å².